The van der Waals surface area contributed by atoms with E-state index in [2.05, 4.69) is 15.9 Å². The first-order valence-electron chi connectivity index (χ1n) is 12.0. The lowest BCUT2D eigenvalue weighted by atomic mass is 10.1. The van der Waals surface area contributed by atoms with Crippen LogP contribution in [-0.4, -0.2) is 40.7 Å². The van der Waals surface area contributed by atoms with Gasteiger partial charge < -0.3 is 14.2 Å². The molecule has 1 aliphatic rings. The molecule has 0 spiro atoms. The summed E-state index contributed by atoms with van der Waals surface area (Å²) in [6, 6.07) is 17.1. The molecule has 0 atom stereocenters. The smallest absolute Gasteiger partial charge is 0.293 e. The van der Waals surface area contributed by atoms with E-state index in [0.29, 0.717) is 38.8 Å². The molecule has 0 aliphatic carbocycles. The van der Waals surface area contributed by atoms with Crippen LogP contribution in [-0.2, 0) is 11.4 Å². The lowest BCUT2D eigenvalue weighted by Gasteiger charge is -2.15. The first-order chi connectivity index (χ1) is 18.7. The number of benzene rings is 3. The Morgan fingerprint density at radius 3 is 2.41 bits per heavy atom. The third kappa shape index (κ3) is 7.18. The summed E-state index contributed by atoms with van der Waals surface area (Å²) in [4.78, 5) is 37.3. The van der Waals surface area contributed by atoms with Crippen LogP contribution in [0.25, 0.3) is 6.08 Å². The molecule has 39 heavy (non-hydrogen) atoms. The van der Waals surface area contributed by atoms with Crippen molar-refractivity contribution in [3.05, 3.63) is 96.8 Å². The van der Waals surface area contributed by atoms with E-state index in [9.17, 15) is 19.7 Å². The second kappa shape index (κ2) is 12.8. The number of thioether (sulfide) groups is 1. The molecular formula is C28H25BrN2O7S. The van der Waals surface area contributed by atoms with Gasteiger partial charge in [-0.25, -0.2) is 0 Å². The van der Waals surface area contributed by atoms with Crippen molar-refractivity contribution in [1.29, 1.82) is 0 Å². The van der Waals surface area contributed by atoms with E-state index in [1.807, 2.05) is 38.1 Å². The minimum absolute atomic E-state index is 0.00231. The predicted octanol–water partition coefficient (Wildman–Crippen LogP) is 6.76. The highest BCUT2D eigenvalue weighted by Crippen LogP contribution is 2.39. The van der Waals surface area contributed by atoms with Crippen LogP contribution in [0.1, 0.15) is 23.6 Å². The molecule has 4 rings (SSSR count). The van der Waals surface area contributed by atoms with Crippen molar-refractivity contribution in [3.8, 4) is 17.2 Å². The average molecular weight is 613 g/mol. The maximum absolute atomic E-state index is 12.9. The summed E-state index contributed by atoms with van der Waals surface area (Å²) < 4.78 is 18.0. The van der Waals surface area contributed by atoms with Gasteiger partial charge in [0.2, 0.25) is 0 Å². The summed E-state index contributed by atoms with van der Waals surface area (Å²) in [7, 11) is 0. The van der Waals surface area contributed by atoms with Gasteiger partial charge in [-0.2, -0.15) is 0 Å². The van der Waals surface area contributed by atoms with Crippen LogP contribution in [0.2, 0.25) is 0 Å². The molecule has 1 heterocycles. The molecule has 2 amide bonds. The number of ether oxygens (including phenoxy) is 3. The van der Waals surface area contributed by atoms with Gasteiger partial charge in [0.25, 0.3) is 16.8 Å². The number of nitro benzene ring substituents is 1. The van der Waals surface area contributed by atoms with Crippen LogP contribution in [0.3, 0.4) is 0 Å². The molecule has 3 aromatic carbocycles. The molecule has 0 N–H and O–H groups in total. The van der Waals surface area contributed by atoms with E-state index in [1.54, 1.807) is 30.3 Å². The molecule has 1 saturated heterocycles. The van der Waals surface area contributed by atoms with Crippen molar-refractivity contribution < 1.29 is 28.7 Å². The molecule has 1 fully saturated rings. The number of rotatable bonds is 11. The van der Waals surface area contributed by atoms with E-state index in [0.717, 1.165) is 22.9 Å². The van der Waals surface area contributed by atoms with Crippen molar-refractivity contribution in [2.45, 2.75) is 20.5 Å². The Balaban J connectivity index is 1.44. The molecule has 0 saturated carbocycles. The van der Waals surface area contributed by atoms with Crippen molar-refractivity contribution in [2.75, 3.05) is 19.8 Å². The molecule has 0 bridgehead atoms. The number of nitrogens with zero attached hydrogens (tertiary/aromatic N) is 2. The quantitative estimate of drug-likeness (QED) is 0.133. The Morgan fingerprint density at radius 2 is 1.74 bits per heavy atom. The molecule has 1 aliphatic heterocycles. The van der Waals surface area contributed by atoms with Gasteiger partial charge in [0.05, 0.1) is 27.5 Å². The summed E-state index contributed by atoms with van der Waals surface area (Å²) in [5.41, 5.74) is 2.51. The number of halogens is 1. The van der Waals surface area contributed by atoms with Crippen LogP contribution in [0, 0.1) is 17.0 Å². The molecule has 0 unspecified atom stereocenters. The normalized spacial score (nSPS) is 14.1. The lowest BCUT2D eigenvalue weighted by molar-refractivity contribution is -0.384. The monoisotopic (exact) mass is 612 g/mol. The Morgan fingerprint density at radius 1 is 1.03 bits per heavy atom. The summed E-state index contributed by atoms with van der Waals surface area (Å²) in [6.07, 6.45) is 1.64. The largest absolute Gasteiger partial charge is 0.492 e. The van der Waals surface area contributed by atoms with Crippen molar-refractivity contribution in [2.24, 2.45) is 0 Å². The average Bonchev–Trinajstić information content (AvgIpc) is 3.17. The number of hydrogen-bond donors (Lipinski definition) is 0. The van der Waals surface area contributed by atoms with E-state index < -0.39 is 4.92 Å². The zero-order valence-corrected chi connectivity index (χ0v) is 23.6. The standard InChI is InChI=1S/C28H25BrN2O7S/c1-3-36-24-15-20(14-23(29)26(24)38-17-19-6-8-21(9-7-19)31(34)35)16-25-27(32)30(28(33)39-25)12-13-37-22-10-4-18(2)5-11-22/h4-11,14-16H,3,12-13,17H2,1-2H3/b25-16-. The Kier molecular flexibility index (Phi) is 9.26. The maximum atomic E-state index is 12.9. The van der Waals surface area contributed by atoms with Gasteiger partial charge in [-0.3, -0.25) is 24.6 Å². The van der Waals surface area contributed by atoms with E-state index in [1.165, 1.54) is 17.0 Å². The summed E-state index contributed by atoms with van der Waals surface area (Å²) in [6.45, 7) is 4.69. The van der Waals surface area contributed by atoms with Crippen LogP contribution in [0.5, 0.6) is 17.2 Å². The summed E-state index contributed by atoms with van der Waals surface area (Å²) in [5.74, 6) is 1.19. The first-order valence-corrected chi connectivity index (χ1v) is 13.6. The number of carbonyl (C=O) groups is 2. The Labute approximate surface area is 238 Å². The number of amides is 2. The molecular weight excluding hydrogens is 588 g/mol. The summed E-state index contributed by atoms with van der Waals surface area (Å²) >= 11 is 4.38. The van der Waals surface area contributed by atoms with E-state index in [4.69, 9.17) is 14.2 Å². The highest BCUT2D eigenvalue weighted by atomic mass is 79.9. The van der Waals surface area contributed by atoms with Gasteiger partial charge in [0, 0.05) is 12.1 Å². The van der Waals surface area contributed by atoms with Crippen molar-refractivity contribution in [1.82, 2.24) is 4.90 Å². The van der Waals surface area contributed by atoms with E-state index >= 15 is 0 Å². The predicted molar refractivity (Wildman–Crippen MR) is 152 cm³/mol. The number of nitro groups is 1. The summed E-state index contributed by atoms with van der Waals surface area (Å²) in [5, 5.41) is 10.5. The van der Waals surface area contributed by atoms with Gasteiger partial charge in [-0.05, 0) is 95.1 Å². The van der Waals surface area contributed by atoms with Gasteiger partial charge in [-0.1, -0.05) is 17.7 Å². The number of hydrogen-bond acceptors (Lipinski definition) is 8. The minimum Gasteiger partial charge on any atom is -0.492 e. The highest BCUT2D eigenvalue weighted by molar-refractivity contribution is 9.10. The van der Waals surface area contributed by atoms with Gasteiger partial charge >= 0.3 is 0 Å². The van der Waals surface area contributed by atoms with Crippen molar-refractivity contribution >= 4 is 50.6 Å². The Bertz CT molecular complexity index is 1410. The molecule has 202 valence electrons. The fourth-order valence-electron chi connectivity index (χ4n) is 3.68. The van der Waals surface area contributed by atoms with Gasteiger partial charge in [-0.15, -0.1) is 0 Å². The fraction of sp³-hybridized carbons (Fsp3) is 0.214. The second-order valence-corrected chi connectivity index (χ2v) is 10.3. The third-order valence-corrected chi connectivity index (χ3v) is 7.13. The number of imide groups is 1. The van der Waals surface area contributed by atoms with Gasteiger partial charge in [0.15, 0.2) is 11.5 Å². The van der Waals surface area contributed by atoms with Crippen LogP contribution in [0.4, 0.5) is 10.5 Å². The zero-order chi connectivity index (χ0) is 27.9. The number of carbonyl (C=O) groups excluding carboxylic acids is 2. The SMILES string of the molecule is CCOc1cc(/C=C2\SC(=O)N(CCOc3ccc(C)cc3)C2=O)cc(Br)c1OCc1ccc([N+](=O)[O-])cc1. The zero-order valence-electron chi connectivity index (χ0n) is 21.2. The Hall–Kier alpha value is -3.83. The van der Waals surface area contributed by atoms with Crippen LogP contribution < -0.4 is 14.2 Å². The number of aryl methyl sites for hydroxylation is 1. The fourth-order valence-corrected chi connectivity index (χ4v) is 5.12. The lowest BCUT2D eigenvalue weighted by Crippen LogP contribution is -2.32. The van der Waals surface area contributed by atoms with Crippen LogP contribution in [0.15, 0.2) is 70.0 Å². The van der Waals surface area contributed by atoms with Crippen molar-refractivity contribution in [3.63, 3.8) is 0 Å². The second-order valence-electron chi connectivity index (χ2n) is 8.47. The highest BCUT2D eigenvalue weighted by Gasteiger charge is 2.35. The number of non-ortho nitro benzene ring substituents is 1. The molecule has 9 nitrogen and oxygen atoms in total. The molecule has 11 heteroatoms. The maximum Gasteiger partial charge on any atom is 0.293 e. The topological polar surface area (TPSA) is 108 Å². The molecule has 0 radical (unpaired) electrons. The third-order valence-electron chi connectivity index (χ3n) is 5.64. The first kappa shape index (κ1) is 28.2. The van der Waals surface area contributed by atoms with E-state index in [-0.39, 0.29) is 36.6 Å². The molecule has 0 aromatic heterocycles. The van der Waals surface area contributed by atoms with Gasteiger partial charge in [0.1, 0.15) is 19.0 Å². The van der Waals surface area contributed by atoms with Crippen LogP contribution >= 0.6 is 27.7 Å². The molecule has 3 aromatic rings. The minimum atomic E-state index is -0.457.